The van der Waals surface area contributed by atoms with Gasteiger partial charge in [0.05, 0.1) is 7.11 Å². The van der Waals surface area contributed by atoms with E-state index in [4.69, 9.17) is 4.74 Å². The van der Waals surface area contributed by atoms with Crippen LogP contribution in [0.4, 0.5) is 0 Å². The number of carbonyl (C=O) groups excluding carboxylic acids is 1. The van der Waals surface area contributed by atoms with Crippen LogP contribution in [0.1, 0.15) is 57.6 Å². The highest BCUT2D eigenvalue weighted by atomic mass is 16.5. The Kier molecular flexibility index (Phi) is 8.48. The van der Waals surface area contributed by atoms with Crippen LogP contribution in [0.25, 0.3) is 0 Å². The molecule has 5 nitrogen and oxygen atoms in total. The minimum absolute atomic E-state index is 0.0229. The lowest BCUT2D eigenvalue weighted by atomic mass is 10.0. The van der Waals surface area contributed by atoms with Gasteiger partial charge in [-0.15, -0.1) is 0 Å². The molecule has 1 aromatic rings. The predicted molar refractivity (Wildman–Crippen MR) is 90.6 cm³/mol. The van der Waals surface area contributed by atoms with Crippen molar-refractivity contribution in [2.45, 2.75) is 52.1 Å². The van der Waals surface area contributed by atoms with Crippen molar-refractivity contribution >= 4 is 5.91 Å². The number of aromatic hydroxyl groups is 1. The molecule has 0 heterocycles. The number of carbonyl (C=O) groups is 1. The van der Waals surface area contributed by atoms with Gasteiger partial charge in [-0.2, -0.15) is 0 Å². The van der Waals surface area contributed by atoms with Crippen LogP contribution < -0.4 is 10.1 Å². The van der Waals surface area contributed by atoms with Crippen LogP contribution in [0.3, 0.4) is 0 Å². The van der Waals surface area contributed by atoms with Crippen LogP contribution in [0.5, 0.6) is 11.5 Å². The summed E-state index contributed by atoms with van der Waals surface area (Å²) in [6, 6.07) is 4.37. The molecule has 0 aliphatic heterocycles. The number of unbranched alkanes of at least 4 members (excludes halogenated alkanes) is 3. The lowest BCUT2D eigenvalue weighted by molar-refractivity contribution is -0.129. The van der Waals surface area contributed by atoms with Gasteiger partial charge in [-0.1, -0.05) is 45.6 Å². The van der Waals surface area contributed by atoms with Gasteiger partial charge in [-0.3, -0.25) is 4.79 Å². The van der Waals surface area contributed by atoms with Gasteiger partial charge >= 0.3 is 0 Å². The second-order valence-corrected chi connectivity index (χ2v) is 6.22. The maximum Gasteiger partial charge on any atom is 0.253 e. The van der Waals surface area contributed by atoms with Crippen LogP contribution in [-0.2, 0) is 4.79 Å². The SMILES string of the molecule is COc1cc(C(O)C(=O)NCCCCCCC(C)C)ccc1O. The van der Waals surface area contributed by atoms with Gasteiger partial charge in [-0.05, 0) is 30.0 Å². The van der Waals surface area contributed by atoms with Crippen molar-refractivity contribution in [3.63, 3.8) is 0 Å². The first-order valence-electron chi connectivity index (χ1n) is 8.28. The lowest BCUT2D eigenvalue weighted by Crippen LogP contribution is -2.30. The molecule has 0 bridgehead atoms. The molecule has 1 atom stereocenters. The summed E-state index contributed by atoms with van der Waals surface area (Å²) in [6.07, 6.45) is 4.37. The minimum atomic E-state index is -1.26. The van der Waals surface area contributed by atoms with E-state index in [1.807, 2.05) is 0 Å². The average molecular weight is 323 g/mol. The second-order valence-electron chi connectivity index (χ2n) is 6.22. The second kappa shape index (κ2) is 10.1. The Morgan fingerprint density at radius 1 is 1.22 bits per heavy atom. The number of amides is 1. The van der Waals surface area contributed by atoms with Crippen LogP contribution in [0.15, 0.2) is 18.2 Å². The zero-order valence-electron chi connectivity index (χ0n) is 14.3. The third-order valence-electron chi connectivity index (χ3n) is 3.78. The Labute approximate surface area is 138 Å². The van der Waals surface area contributed by atoms with E-state index in [1.54, 1.807) is 0 Å². The van der Waals surface area contributed by atoms with Crippen LogP contribution in [0, 0.1) is 5.92 Å². The monoisotopic (exact) mass is 323 g/mol. The molecule has 0 spiro atoms. The standard InChI is InChI=1S/C18H29NO4/c1-13(2)8-6-4-5-7-11-19-18(22)17(21)14-9-10-15(20)16(12-14)23-3/h9-10,12-13,17,20-21H,4-8,11H2,1-3H3,(H,19,22). The van der Waals surface area contributed by atoms with Gasteiger partial charge < -0.3 is 20.3 Å². The molecule has 0 saturated carbocycles. The largest absolute Gasteiger partial charge is 0.504 e. The Bertz CT molecular complexity index is 488. The average Bonchev–Trinajstić information content (AvgIpc) is 2.53. The van der Waals surface area contributed by atoms with E-state index in [1.165, 1.54) is 44.6 Å². The number of rotatable bonds is 10. The van der Waals surface area contributed by atoms with Crippen LogP contribution >= 0.6 is 0 Å². The number of hydrogen-bond acceptors (Lipinski definition) is 4. The quantitative estimate of drug-likeness (QED) is 0.578. The number of aliphatic hydroxyl groups is 1. The third-order valence-corrected chi connectivity index (χ3v) is 3.78. The van der Waals surface area contributed by atoms with Crippen molar-refractivity contribution in [3.8, 4) is 11.5 Å². The van der Waals surface area contributed by atoms with Crippen molar-refractivity contribution in [1.29, 1.82) is 0 Å². The van der Waals surface area contributed by atoms with Gasteiger partial charge in [0.25, 0.3) is 5.91 Å². The summed E-state index contributed by atoms with van der Waals surface area (Å²) in [5, 5.41) is 22.3. The molecule has 1 rings (SSSR count). The fraction of sp³-hybridized carbons (Fsp3) is 0.611. The van der Waals surface area contributed by atoms with E-state index in [2.05, 4.69) is 19.2 Å². The van der Waals surface area contributed by atoms with E-state index in [-0.39, 0.29) is 11.5 Å². The summed E-state index contributed by atoms with van der Waals surface area (Å²) in [6.45, 7) is 5.01. The number of hydrogen-bond donors (Lipinski definition) is 3. The van der Waals surface area contributed by atoms with Gasteiger partial charge in [-0.25, -0.2) is 0 Å². The maximum atomic E-state index is 11.9. The number of nitrogens with one attached hydrogen (secondary N) is 1. The smallest absolute Gasteiger partial charge is 0.253 e. The zero-order valence-corrected chi connectivity index (χ0v) is 14.3. The zero-order chi connectivity index (χ0) is 17.2. The first kappa shape index (κ1) is 19.3. The number of phenolic OH excluding ortho intramolecular Hbond substituents is 1. The van der Waals surface area contributed by atoms with Crippen molar-refractivity contribution in [3.05, 3.63) is 23.8 Å². The van der Waals surface area contributed by atoms with Crippen molar-refractivity contribution in [1.82, 2.24) is 5.32 Å². The highest BCUT2D eigenvalue weighted by Crippen LogP contribution is 2.28. The van der Waals surface area contributed by atoms with E-state index in [0.717, 1.165) is 18.8 Å². The Morgan fingerprint density at radius 3 is 2.57 bits per heavy atom. The molecule has 130 valence electrons. The van der Waals surface area contributed by atoms with E-state index in [0.29, 0.717) is 12.1 Å². The first-order valence-corrected chi connectivity index (χ1v) is 8.28. The molecule has 0 aromatic heterocycles. The molecular formula is C18H29NO4. The minimum Gasteiger partial charge on any atom is -0.504 e. The van der Waals surface area contributed by atoms with E-state index in [9.17, 15) is 15.0 Å². The summed E-state index contributed by atoms with van der Waals surface area (Å²) < 4.78 is 4.98. The molecular weight excluding hydrogens is 294 g/mol. The molecule has 0 aliphatic carbocycles. The number of aliphatic hydroxyl groups excluding tert-OH is 1. The molecule has 1 aromatic carbocycles. The van der Waals surface area contributed by atoms with Crippen LogP contribution in [-0.4, -0.2) is 29.8 Å². The highest BCUT2D eigenvalue weighted by Gasteiger charge is 2.18. The van der Waals surface area contributed by atoms with E-state index < -0.39 is 12.0 Å². The van der Waals surface area contributed by atoms with Crippen molar-refractivity contribution < 1.29 is 19.7 Å². The lowest BCUT2D eigenvalue weighted by Gasteiger charge is -2.13. The highest BCUT2D eigenvalue weighted by molar-refractivity contribution is 5.82. The fourth-order valence-corrected chi connectivity index (χ4v) is 2.36. The molecule has 0 radical (unpaired) electrons. The Morgan fingerprint density at radius 2 is 1.91 bits per heavy atom. The summed E-state index contributed by atoms with van der Waals surface area (Å²) >= 11 is 0. The number of methoxy groups -OCH3 is 1. The summed E-state index contributed by atoms with van der Waals surface area (Å²) in [5.74, 6) is 0.525. The summed E-state index contributed by atoms with van der Waals surface area (Å²) in [7, 11) is 1.42. The fourth-order valence-electron chi connectivity index (χ4n) is 2.36. The number of phenols is 1. The van der Waals surface area contributed by atoms with Crippen LogP contribution in [0.2, 0.25) is 0 Å². The van der Waals surface area contributed by atoms with Gasteiger partial charge in [0.1, 0.15) is 0 Å². The molecule has 0 saturated heterocycles. The molecule has 0 aliphatic rings. The normalized spacial score (nSPS) is 12.2. The van der Waals surface area contributed by atoms with Crippen molar-refractivity contribution in [2.75, 3.05) is 13.7 Å². The van der Waals surface area contributed by atoms with Gasteiger partial charge in [0, 0.05) is 6.54 Å². The summed E-state index contributed by atoms with van der Waals surface area (Å²) in [4.78, 5) is 11.9. The van der Waals surface area contributed by atoms with E-state index >= 15 is 0 Å². The predicted octanol–water partition coefficient (Wildman–Crippen LogP) is 3.16. The first-order chi connectivity index (χ1) is 11.0. The van der Waals surface area contributed by atoms with Gasteiger partial charge in [0.2, 0.25) is 0 Å². The molecule has 23 heavy (non-hydrogen) atoms. The topological polar surface area (TPSA) is 78.8 Å². The molecule has 1 amide bonds. The Balaban J connectivity index is 2.31. The number of benzene rings is 1. The summed E-state index contributed by atoms with van der Waals surface area (Å²) in [5.41, 5.74) is 0.397. The molecule has 5 heteroatoms. The number of ether oxygens (including phenoxy) is 1. The molecule has 1 unspecified atom stereocenters. The van der Waals surface area contributed by atoms with Crippen molar-refractivity contribution in [2.24, 2.45) is 5.92 Å². The molecule has 0 fully saturated rings. The third kappa shape index (κ3) is 6.91. The maximum absolute atomic E-state index is 11.9. The Hall–Kier alpha value is -1.75. The molecule has 3 N–H and O–H groups in total. The van der Waals surface area contributed by atoms with Gasteiger partial charge in [0.15, 0.2) is 17.6 Å².